The van der Waals surface area contributed by atoms with Crippen molar-refractivity contribution in [1.82, 2.24) is 4.90 Å². The van der Waals surface area contributed by atoms with Crippen LogP contribution in [0.25, 0.3) is 0 Å². The Morgan fingerprint density at radius 2 is 2.15 bits per heavy atom. The number of aliphatic carboxylic acids is 1. The highest BCUT2D eigenvalue weighted by molar-refractivity contribution is 5.85. The summed E-state index contributed by atoms with van der Waals surface area (Å²) in [5.41, 5.74) is 5.20. The van der Waals surface area contributed by atoms with Crippen molar-refractivity contribution in [3.8, 4) is 0 Å². The molecule has 1 atom stereocenters. The molecule has 1 unspecified atom stereocenters. The van der Waals surface area contributed by atoms with Crippen LogP contribution in [0.2, 0.25) is 0 Å². The van der Waals surface area contributed by atoms with Gasteiger partial charge in [0.15, 0.2) is 0 Å². The summed E-state index contributed by atoms with van der Waals surface area (Å²) < 4.78 is 0. The van der Waals surface area contributed by atoms with E-state index < -0.39 is 11.9 Å². The second kappa shape index (κ2) is 5.53. The Morgan fingerprint density at radius 3 is 2.38 bits per heavy atom. The van der Waals surface area contributed by atoms with Gasteiger partial charge in [-0.2, -0.15) is 0 Å². The molecule has 1 amide bonds. The highest BCUT2D eigenvalue weighted by Gasteiger charge is 2.33. The molecule has 0 aromatic heterocycles. The minimum absolute atomic E-state index is 0. The van der Waals surface area contributed by atoms with Gasteiger partial charge in [0.25, 0.3) is 0 Å². The zero-order valence-electron chi connectivity index (χ0n) is 5.99. The largest absolute Gasteiger partial charge is 0.481 e. The summed E-state index contributed by atoms with van der Waals surface area (Å²) in [6, 6.07) is 0. The third-order valence-corrected chi connectivity index (χ3v) is 1.78. The Hall–Kier alpha value is -1.10. The summed E-state index contributed by atoms with van der Waals surface area (Å²) in [5.74, 6) is -1.65. The SMILES string of the molecule is C.C.NCN1CC(C(=O)O)CC1=O. The normalized spacial score (nSPS) is 20.5. The number of carboxylic acids is 1. The van der Waals surface area contributed by atoms with Gasteiger partial charge in [0, 0.05) is 13.0 Å². The van der Waals surface area contributed by atoms with Crippen molar-refractivity contribution in [2.75, 3.05) is 13.2 Å². The number of hydrogen-bond donors (Lipinski definition) is 2. The lowest BCUT2D eigenvalue weighted by molar-refractivity contribution is -0.141. The number of nitrogens with two attached hydrogens (primary N) is 1. The van der Waals surface area contributed by atoms with E-state index in [-0.39, 0.29) is 40.4 Å². The van der Waals surface area contributed by atoms with Crippen molar-refractivity contribution in [3.05, 3.63) is 0 Å². The molecule has 0 saturated carbocycles. The Labute approximate surface area is 78.5 Å². The molecule has 1 aliphatic rings. The number of likely N-dealkylation sites (tertiary alicyclic amines) is 1. The Bertz CT molecular complexity index is 194. The molecular weight excluding hydrogens is 172 g/mol. The molecule has 0 spiro atoms. The van der Waals surface area contributed by atoms with Crippen LogP contribution in [-0.2, 0) is 9.59 Å². The molecule has 5 nitrogen and oxygen atoms in total. The molecule has 13 heavy (non-hydrogen) atoms. The minimum Gasteiger partial charge on any atom is -0.481 e. The molecule has 1 fully saturated rings. The molecule has 0 aromatic rings. The van der Waals surface area contributed by atoms with E-state index in [9.17, 15) is 9.59 Å². The first kappa shape index (κ1) is 14.4. The zero-order chi connectivity index (χ0) is 8.43. The molecule has 0 bridgehead atoms. The van der Waals surface area contributed by atoms with E-state index in [4.69, 9.17) is 10.8 Å². The first-order valence-electron chi connectivity index (χ1n) is 3.35. The van der Waals surface area contributed by atoms with Crippen LogP contribution in [0.5, 0.6) is 0 Å². The third kappa shape index (κ3) is 3.02. The second-order valence-corrected chi connectivity index (χ2v) is 2.54. The van der Waals surface area contributed by atoms with Gasteiger partial charge in [0.2, 0.25) is 5.91 Å². The van der Waals surface area contributed by atoms with Crippen molar-refractivity contribution in [2.45, 2.75) is 21.3 Å². The van der Waals surface area contributed by atoms with Crippen molar-refractivity contribution in [3.63, 3.8) is 0 Å². The molecule has 1 saturated heterocycles. The third-order valence-electron chi connectivity index (χ3n) is 1.78. The predicted octanol–water partition coefficient (Wildman–Crippen LogP) is 0.108. The highest BCUT2D eigenvalue weighted by Crippen LogP contribution is 2.16. The maximum absolute atomic E-state index is 10.9. The molecular formula is C8H18N2O3. The molecule has 5 heteroatoms. The zero-order valence-corrected chi connectivity index (χ0v) is 5.99. The summed E-state index contributed by atoms with van der Waals surface area (Å²) in [4.78, 5) is 22.6. The van der Waals surface area contributed by atoms with Gasteiger partial charge in [-0.15, -0.1) is 0 Å². The molecule has 1 heterocycles. The molecule has 1 aliphatic heterocycles. The van der Waals surface area contributed by atoms with Gasteiger partial charge < -0.3 is 15.7 Å². The van der Waals surface area contributed by atoms with Crippen LogP contribution in [0.4, 0.5) is 0 Å². The van der Waals surface area contributed by atoms with Crippen molar-refractivity contribution in [1.29, 1.82) is 0 Å². The predicted molar refractivity (Wildman–Crippen MR) is 50.0 cm³/mol. The van der Waals surface area contributed by atoms with Crippen LogP contribution in [0.15, 0.2) is 0 Å². The smallest absolute Gasteiger partial charge is 0.308 e. The summed E-state index contributed by atoms with van der Waals surface area (Å²) in [6.45, 7) is 0.368. The van der Waals surface area contributed by atoms with Crippen molar-refractivity contribution in [2.24, 2.45) is 11.7 Å². The second-order valence-electron chi connectivity index (χ2n) is 2.54. The molecule has 3 N–H and O–H groups in total. The number of carboxylic acid groups (broad SMARTS) is 1. The van der Waals surface area contributed by atoms with E-state index >= 15 is 0 Å². The van der Waals surface area contributed by atoms with Crippen LogP contribution in [0.3, 0.4) is 0 Å². The van der Waals surface area contributed by atoms with E-state index in [0.717, 1.165) is 0 Å². The Balaban J connectivity index is 0. The van der Waals surface area contributed by atoms with Crippen LogP contribution >= 0.6 is 0 Å². The lowest BCUT2D eigenvalue weighted by atomic mass is 10.1. The van der Waals surface area contributed by atoms with Gasteiger partial charge in [-0.3, -0.25) is 9.59 Å². The van der Waals surface area contributed by atoms with Gasteiger partial charge >= 0.3 is 5.97 Å². The van der Waals surface area contributed by atoms with E-state index in [0.29, 0.717) is 0 Å². The average molecular weight is 190 g/mol. The van der Waals surface area contributed by atoms with Crippen LogP contribution in [0, 0.1) is 5.92 Å². The van der Waals surface area contributed by atoms with Crippen molar-refractivity contribution < 1.29 is 14.7 Å². The average Bonchev–Trinajstić information content (AvgIpc) is 2.31. The summed E-state index contributed by atoms with van der Waals surface area (Å²) >= 11 is 0. The van der Waals surface area contributed by atoms with Crippen molar-refractivity contribution >= 4 is 11.9 Å². The molecule has 1 rings (SSSR count). The highest BCUT2D eigenvalue weighted by atomic mass is 16.4. The van der Waals surface area contributed by atoms with Gasteiger partial charge in [-0.1, -0.05) is 14.9 Å². The number of carbonyl (C=O) groups excluding carboxylic acids is 1. The van der Waals surface area contributed by atoms with Crippen LogP contribution < -0.4 is 5.73 Å². The van der Waals surface area contributed by atoms with Gasteiger partial charge in [0.1, 0.15) is 0 Å². The summed E-state index contributed by atoms with van der Waals surface area (Å²) in [6.07, 6.45) is 0.0898. The monoisotopic (exact) mass is 190 g/mol. The molecule has 0 radical (unpaired) electrons. The topological polar surface area (TPSA) is 83.6 Å². The van der Waals surface area contributed by atoms with Gasteiger partial charge in [0.05, 0.1) is 12.6 Å². The lowest BCUT2D eigenvalue weighted by Gasteiger charge is -2.11. The summed E-state index contributed by atoms with van der Waals surface area (Å²) in [7, 11) is 0. The molecule has 78 valence electrons. The van der Waals surface area contributed by atoms with Gasteiger partial charge in [-0.25, -0.2) is 0 Å². The molecule has 0 aliphatic carbocycles. The fourth-order valence-electron chi connectivity index (χ4n) is 1.11. The Morgan fingerprint density at radius 1 is 1.62 bits per heavy atom. The van der Waals surface area contributed by atoms with E-state index in [1.807, 2.05) is 0 Å². The van der Waals surface area contributed by atoms with Crippen LogP contribution in [0.1, 0.15) is 21.3 Å². The standard InChI is InChI=1S/C6H10N2O3.2CH4/c7-3-8-2-4(6(10)11)1-5(8)9;;/h4H,1-3,7H2,(H,10,11);2*1H4. The number of amides is 1. The van der Waals surface area contributed by atoms with Gasteiger partial charge in [-0.05, 0) is 0 Å². The maximum atomic E-state index is 10.9. The van der Waals surface area contributed by atoms with E-state index in [1.54, 1.807) is 0 Å². The first-order valence-corrected chi connectivity index (χ1v) is 3.35. The van der Waals surface area contributed by atoms with E-state index in [2.05, 4.69) is 0 Å². The number of rotatable bonds is 2. The minimum atomic E-state index is -0.922. The fourth-order valence-corrected chi connectivity index (χ4v) is 1.11. The van der Waals surface area contributed by atoms with E-state index in [1.165, 1.54) is 4.90 Å². The lowest BCUT2D eigenvalue weighted by Crippen LogP contribution is -2.31. The first-order chi connectivity index (χ1) is 5.15. The fraction of sp³-hybridized carbons (Fsp3) is 0.750. The number of carbonyl (C=O) groups is 2. The maximum Gasteiger partial charge on any atom is 0.308 e. The number of hydrogen-bond acceptors (Lipinski definition) is 3. The van der Waals surface area contributed by atoms with Crippen LogP contribution in [-0.4, -0.2) is 35.1 Å². The summed E-state index contributed by atoms with van der Waals surface area (Å²) in [5, 5.41) is 8.52. The Kier molecular flexibility index (Phi) is 6.14. The quantitative estimate of drug-likeness (QED) is 0.647. The molecule has 0 aromatic carbocycles. The number of nitrogens with zero attached hydrogens (tertiary/aromatic N) is 1.